The number of hydrogen-bond acceptors (Lipinski definition) is 6. The highest BCUT2D eigenvalue weighted by molar-refractivity contribution is 5.81. The van der Waals surface area contributed by atoms with Crippen molar-refractivity contribution in [3.05, 3.63) is 70.1 Å². The van der Waals surface area contributed by atoms with E-state index in [1.807, 2.05) is 12.4 Å². The molecule has 0 spiro atoms. The third-order valence-electron chi connectivity index (χ3n) is 7.86. The molecule has 0 aliphatic heterocycles. The zero-order valence-electron chi connectivity index (χ0n) is 18.5. The molecule has 6 atom stereocenters. The Kier molecular flexibility index (Phi) is 6.02. The molecule has 2 fully saturated rings. The van der Waals surface area contributed by atoms with E-state index in [-0.39, 0.29) is 34.3 Å². The molecule has 2 aromatic rings. The van der Waals surface area contributed by atoms with Crippen LogP contribution in [0.1, 0.15) is 44.7 Å². The van der Waals surface area contributed by atoms with Gasteiger partial charge < -0.3 is 10.4 Å². The van der Waals surface area contributed by atoms with Crippen molar-refractivity contribution in [3.63, 3.8) is 0 Å². The molecule has 2 bridgehead atoms. The van der Waals surface area contributed by atoms with Gasteiger partial charge in [-0.3, -0.25) is 9.98 Å². The summed E-state index contributed by atoms with van der Waals surface area (Å²) in [4.78, 5) is 9.94. The van der Waals surface area contributed by atoms with Gasteiger partial charge in [-0.05, 0) is 65.0 Å². The Hall–Kier alpha value is -2.46. The lowest BCUT2D eigenvalue weighted by Gasteiger charge is -2.37. The smallest absolute Gasteiger partial charge is 0.163 e. The van der Waals surface area contributed by atoms with Gasteiger partial charge in [-0.25, -0.2) is 10.4 Å². The molecular weight excluding hydrogens is 408 g/mol. The van der Waals surface area contributed by atoms with E-state index in [0.717, 1.165) is 24.0 Å². The van der Waals surface area contributed by atoms with Crippen molar-refractivity contribution < 1.29 is 20.9 Å². The summed E-state index contributed by atoms with van der Waals surface area (Å²) in [6.07, 6.45) is 5.88. The van der Waals surface area contributed by atoms with Crippen LogP contribution in [-0.2, 0) is 0 Å². The highest BCUT2D eigenvalue weighted by atomic mass is 16.8. The average Bonchev–Trinajstić information content (AvgIpc) is 3.09. The van der Waals surface area contributed by atoms with Gasteiger partial charge in [0, 0.05) is 36.7 Å². The topological polar surface area (TPSA) is 120 Å². The largest absolute Gasteiger partial charge is 0.595 e. The van der Waals surface area contributed by atoms with Gasteiger partial charge >= 0.3 is 0 Å². The number of aliphatic imine (C=N–C) groups is 2. The molecule has 4 rings (SSSR count). The highest BCUT2D eigenvalue weighted by Crippen LogP contribution is 2.67. The minimum Gasteiger partial charge on any atom is -0.595 e. The van der Waals surface area contributed by atoms with Crippen molar-refractivity contribution in [1.82, 2.24) is 0 Å². The van der Waals surface area contributed by atoms with Crippen molar-refractivity contribution in [1.29, 1.82) is 0 Å². The van der Waals surface area contributed by atoms with Gasteiger partial charge in [0.25, 0.3) is 0 Å². The van der Waals surface area contributed by atoms with Crippen LogP contribution in [0.4, 0.5) is 11.4 Å². The lowest BCUT2D eigenvalue weighted by atomic mass is 9.69. The first-order valence-corrected chi connectivity index (χ1v) is 10.9. The first kappa shape index (κ1) is 22.7. The molecule has 4 N–H and O–H groups in total. The predicted molar refractivity (Wildman–Crippen MR) is 122 cm³/mol. The number of hydrogen-bond donors (Lipinski definition) is 4. The van der Waals surface area contributed by atoms with E-state index in [0.29, 0.717) is 5.92 Å². The number of nitrogens with zero attached hydrogens (tertiary/aromatic N) is 2. The lowest BCUT2D eigenvalue weighted by molar-refractivity contribution is -0.991. The van der Waals surface area contributed by atoms with Crippen LogP contribution in [0.15, 0.2) is 58.5 Å². The van der Waals surface area contributed by atoms with Crippen LogP contribution in [0.3, 0.4) is 0 Å². The maximum atomic E-state index is 11.1. The van der Waals surface area contributed by atoms with Gasteiger partial charge in [-0.15, -0.1) is 0 Å². The fourth-order valence-electron chi connectivity index (χ4n) is 5.49. The van der Waals surface area contributed by atoms with Crippen LogP contribution < -0.4 is 10.5 Å². The molecule has 8 heteroatoms. The molecular formula is C24H30N4O4. The Morgan fingerprint density at radius 2 is 1.31 bits per heavy atom. The highest BCUT2D eigenvalue weighted by Gasteiger charge is 2.66. The van der Waals surface area contributed by atoms with E-state index in [4.69, 9.17) is 20.4 Å². The summed E-state index contributed by atoms with van der Waals surface area (Å²) in [6, 6.07) is 13.5. The standard InChI is InChI=1S/C24H30N4O4/c1-23(2)20-12-13-24(23,3)22(26-15-17-6-10-19(11-7-17)28(31)32)21(20)25-14-16-4-8-18(9-5-16)27(29)30/h4-11,14-15,20-22,27-29,31H,12-13H2,1-3H3. The lowest BCUT2D eigenvalue weighted by Crippen LogP contribution is -2.99. The van der Waals surface area contributed by atoms with Crippen LogP contribution in [0.2, 0.25) is 0 Å². The predicted octanol–water partition coefficient (Wildman–Crippen LogP) is 2.22. The molecule has 8 nitrogen and oxygen atoms in total. The van der Waals surface area contributed by atoms with Crippen LogP contribution >= 0.6 is 0 Å². The van der Waals surface area contributed by atoms with Gasteiger partial charge in [0.15, 0.2) is 11.4 Å². The molecule has 170 valence electrons. The molecule has 2 aromatic carbocycles. The minimum absolute atomic E-state index is 0.0182. The zero-order valence-corrected chi connectivity index (χ0v) is 18.5. The van der Waals surface area contributed by atoms with E-state index >= 15 is 0 Å². The summed E-state index contributed by atoms with van der Waals surface area (Å²) in [7, 11) is 0. The maximum absolute atomic E-state index is 11.1. The SMILES string of the molecule is CC1(C)C2CCC1(C)C(N=Cc1ccc([NH+]([O-])O)cc1)C2N=Cc1ccc([NH+]([O-])O)cc1. The molecule has 0 radical (unpaired) electrons. The van der Waals surface area contributed by atoms with Crippen molar-refractivity contribution in [3.8, 4) is 0 Å². The van der Waals surface area contributed by atoms with Crippen molar-refractivity contribution in [2.45, 2.75) is 45.7 Å². The first-order chi connectivity index (χ1) is 15.1. The summed E-state index contributed by atoms with van der Waals surface area (Å²) >= 11 is 0. The monoisotopic (exact) mass is 438 g/mol. The summed E-state index contributed by atoms with van der Waals surface area (Å²) in [6.45, 7) is 6.93. The van der Waals surface area contributed by atoms with Crippen LogP contribution in [0.5, 0.6) is 0 Å². The van der Waals surface area contributed by atoms with Crippen LogP contribution in [0, 0.1) is 27.2 Å². The Morgan fingerprint density at radius 3 is 1.78 bits per heavy atom. The molecule has 0 saturated heterocycles. The molecule has 2 saturated carbocycles. The Bertz CT molecular complexity index is 1000. The van der Waals surface area contributed by atoms with Crippen molar-refractivity contribution in [2.75, 3.05) is 0 Å². The Balaban J connectivity index is 1.59. The minimum atomic E-state index is -0.943. The van der Waals surface area contributed by atoms with Crippen LogP contribution in [0.25, 0.3) is 0 Å². The number of rotatable bonds is 6. The Labute approximate surface area is 187 Å². The number of nitrogens with one attached hydrogen (secondary N) is 2. The average molecular weight is 439 g/mol. The molecule has 6 unspecified atom stereocenters. The molecule has 0 amide bonds. The summed E-state index contributed by atoms with van der Waals surface area (Å²) < 4.78 is 0. The van der Waals surface area contributed by atoms with Crippen molar-refractivity contribution >= 4 is 23.8 Å². The van der Waals surface area contributed by atoms with Gasteiger partial charge in [0.05, 0.1) is 12.1 Å². The normalized spacial score (nSPS) is 30.9. The zero-order chi connectivity index (χ0) is 23.1. The molecule has 2 aliphatic carbocycles. The second-order valence-electron chi connectivity index (χ2n) is 9.63. The van der Waals surface area contributed by atoms with Gasteiger partial charge in [-0.1, -0.05) is 20.8 Å². The fraction of sp³-hybridized carbons (Fsp3) is 0.417. The van der Waals surface area contributed by atoms with Gasteiger partial charge in [0.2, 0.25) is 0 Å². The van der Waals surface area contributed by atoms with E-state index < -0.39 is 10.5 Å². The molecule has 0 aromatic heterocycles. The van der Waals surface area contributed by atoms with Crippen LogP contribution in [-0.4, -0.2) is 34.9 Å². The third-order valence-corrected chi connectivity index (χ3v) is 7.86. The molecule has 32 heavy (non-hydrogen) atoms. The Morgan fingerprint density at radius 1 is 0.844 bits per heavy atom. The summed E-state index contributed by atoms with van der Waals surface area (Å²) in [5.74, 6) is 0.415. The van der Waals surface area contributed by atoms with Gasteiger partial charge in [-0.2, -0.15) is 10.5 Å². The molecule has 2 aliphatic rings. The first-order valence-electron chi connectivity index (χ1n) is 10.9. The number of fused-ring (bicyclic) bond motifs is 2. The van der Waals surface area contributed by atoms with E-state index in [1.54, 1.807) is 48.5 Å². The second kappa shape index (κ2) is 8.47. The summed E-state index contributed by atoms with van der Waals surface area (Å²) in [5.41, 5.74) is 2.36. The molecule has 0 heterocycles. The van der Waals surface area contributed by atoms with Crippen molar-refractivity contribution in [2.24, 2.45) is 26.7 Å². The summed E-state index contributed by atoms with van der Waals surface area (Å²) in [5, 5.41) is 38.5. The number of benzene rings is 2. The van der Waals surface area contributed by atoms with E-state index in [2.05, 4.69) is 20.8 Å². The number of quaternary nitrogens is 2. The third kappa shape index (κ3) is 3.90. The van der Waals surface area contributed by atoms with Gasteiger partial charge in [0.1, 0.15) is 0 Å². The maximum Gasteiger partial charge on any atom is 0.163 e. The van der Waals surface area contributed by atoms with E-state index in [9.17, 15) is 10.4 Å². The fourth-order valence-corrected chi connectivity index (χ4v) is 5.49. The second-order valence-corrected chi connectivity index (χ2v) is 9.63. The quantitative estimate of drug-likeness (QED) is 0.408. The van der Waals surface area contributed by atoms with E-state index in [1.165, 1.54) is 0 Å².